The Balaban J connectivity index is 1.72. The van der Waals surface area contributed by atoms with Gasteiger partial charge in [-0.15, -0.1) is 0 Å². The molecule has 1 saturated heterocycles. The van der Waals surface area contributed by atoms with Crippen molar-refractivity contribution < 1.29 is 0 Å². The molecule has 0 aliphatic carbocycles. The number of nitrogen functional groups attached to an aromatic ring is 1. The van der Waals surface area contributed by atoms with Gasteiger partial charge in [0.25, 0.3) is 0 Å². The summed E-state index contributed by atoms with van der Waals surface area (Å²) < 4.78 is 3.92. The molecule has 1 aromatic carbocycles. The summed E-state index contributed by atoms with van der Waals surface area (Å²) >= 11 is 6.88. The molecule has 0 atom stereocenters. The second-order valence-corrected chi connectivity index (χ2v) is 8.65. The number of anilines is 1. The Kier molecular flexibility index (Phi) is 6.89. The fraction of sp³-hybridized carbons (Fsp3) is 0.375. The minimum Gasteiger partial charge on any atom is -0.397 e. The summed E-state index contributed by atoms with van der Waals surface area (Å²) in [5.74, 6) is 1.25. The molecule has 1 aliphatic heterocycles. The summed E-state index contributed by atoms with van der Waals surface area (Å²) in [6.07, 6.45) is 2.87. The van der Waals surface area contributed by atoms with E-state index >= 15 is 0 Å². The maximum atomic E-state index is 6.88. The largest absolute Gasteiger partial charge is 0.397 e. The first kappa shape index (κ1) is 22.5. The van der Waals surface area contributed by atoms with E-state index in [4.69, 9.17) is 28.2 Å². The van der Waals surface area contributed by atoms with Crippen LogP contribution in [0, 0.1) is 0 Å². The molecular weight excluding hydrogens is 422 g/mol. The molecule has 8 heteroatoms. The van der Waals surface area contributed by atoms with Crippen molar-refractivity contribution in [2.75, 3.05) is 45.5 Å². The molecule has 0 amide bonds. The van der Waals surface area contributed by atoms with Crippen LogP contribution in [0.25, 0.3) is 16.5 Å². The lowest BCUT2D eigenvalue weighted by molar-refractivity contribution is 0.149. The van der Waals surface area contributed by atoms with Crippen LogP contribution in [0.2, 0.25) is 0 Å². The highest BCUT2D eigenvalue weighted by molar-refractivity contribution is 6.53. The van der Waals surface area contributed by atoms with Crippen molar-refractivity contribution in [2.45, 2.75) is 19.9 Å². The number of likely N-dealkylation sites (N-methyl/N-ethyl adjacent to an activating group) is 1. The van der Waals surface area contributed by atoms with E-state index < -0.39 is 0 Å². The summed E-state index contributed by atoms with van der Waals surface area (Å²) in [6, 6.07) is 13.8. The van der Waals surface area contributed by atoms with Gasteiger partial charge in [-0.25, -0.2) is 4.68 Å². The van der Waals surface area contributed by atoms with E-state index in [0.717, 1.165) is 50.4 Å². The van der Waals surface area contributed by atoms with Gasteiger partial charge in [-0.2, -0.15) is 5.10 Å². The molecule has 170 valence electrons. The summed E-state index contributed by atoms with van der Waals surface area (Å²) in [7, 11) is 2.16. The lowest BCUT2D eigenvalue weighted by Crippen LogP contribution is -2.45. The van der Waals surface area contributed by atoms with E-state index in [9.17, 15) is 0 Å². The van der Waals surface area contributed by atoms with Gasteiger partial charge in [-0.3, -0.25) is 4.90 Å². The van der Waals surface area contributed by atoms with Crippen molar-refractivity contribution in [1.82, 2.24) is 24.1 Å². The number of benzene rings is 1. The molecular formula is C24H32ClN7. The SMILES string of the molecule is CCc1cccn1-c1nn(CCN2CCN(C)CC2)c(N)c1/C(Cl)=C(\N)c1ccccc1. The van der Waals surface area contributed by atoms with Crippen LogP contribution in [0.3, 0.4) is 0 Å². The Morgan fingerprint density at radius 3 is 2.44 bits per heavy atom. The molecule has 32 heavy (non-hydrogen) atoms. The van der Waals surface area contributed by atoms with Crippen molar-refractivity contribution in [3.63, 3.8) is 0 Å². The Hall–Kier alpha value is -2.74. The molecule has 1 fully saturated rings. The topological polar surface area (TPSA) is 81.3 Å². The van der Waals surface area contributed by atoms with Gasteiger partial charge in [0.15, 0.2) is 5.82 Å². The number of piperazine rings is 1. The number of nitrogens with zero attached hydrogens (tertiary/aromatic N) is 5. The first-order valence-electron chi connectivity index (χ1n) is 11.1. The number of halogens is 1. The highest BCUT2D eigenvalue weighted by Gasteiger charge is 2.24. The van der Waals surface area contributed by atoms with Crippen LogP contribution in [0.4, 0.5) is 5.82 Å². The standard InChI is InChI=1S/C24H32ClN7/c1-3-19-10-7-11-31(19)24-20(21(25)22(26)18-8-5-4-6-9-18)23(27)32(28-24)17-16-30-14-12-29(2)13-15-30/h4-11H,3,12-17,26-27H2,1-2H3/b22-21+. The first-order valence-corrected chi connectivity index (χ1v) is 11.5. The fourth-order valence-electron chi connectivity index (χ4n) is 4.11. The van der Waals surface area contributed by atoms with E-state index in [0.29, 0.717) is 34.5 Å². The lowest BCUT2D eigenvalue weighted by atomic mass is 10.1. The van der Waals surface area contributed by atoms with Crippen molar-refractivity contribution >= 4 is 28.1 Å². The normalized spacial score (nSPS) is 16.3. The molecule has 7 nitrogen and oxygen atoms in total. The number of aryl methyl sites for hydroxylation is 1. The second kappa shape index (κ2) is 9.81. The lowest BCUT2D eigenvalue weighted by Gasteiger charge is -2.32. The molecule has 0 bridgehead atoms. The third-order valence-electron chi connectivity index (χ3n) is 6.16. The number of hydrogen-bond acceptors (Lipinski definition) is 5. The maximum absolute atomic E-state index is 6.88. The van der Waals surface area contributed by atoms with Crippen LogP contribution < -0.4 is 11.5 Å². The zero-order chi connectivity index (χ0) is 22.7. The molecule has 3 aromatic rings. The van der Waals surface area contributed by atoms with Gasteiger partial charge in [-0.05, 0) is 31.2 Å². The fourth-order valence-corrected chi connectivity index (χ4v) is 4.40. The van der Waals surface area contributed by atoms with Crippen molar-refractivity contribution in [3.8, 4) is 5.82 Å². The van der Waals surface area contributed by atoms with Crippen LogP contribution >= 0.6 is 11.6 Å². The molecule has 0 spiro atoms. The maximum Gasteiger partial charge on any atom is 0.170 e. The van der Waals surface area contributed by atoms with Crippen LogP contribution in [0.5, 0.6) is 0 Å². The third kappa shape index (κ3) is 4.55. The molecule has 4 rings (SSSR count). The average molecular weight is 454 g/mol. The smallest absolute Gasteiger partial charge is 0.170 e. The van der Waals surface area contributed by atoms with Crippen LogP contribution in [-0.4, -0.2) is 63.9 Å². The van der Waals surface area contributed by atoms with E-state index in [1.165, 1.54) is 0 Å². The number of nitrogens with two attached hydrogens (primary N) is 2. The van der Waals surface area contributed by atoms with E-state index in [2.05, 4.69) is 34.4 Å². The number of aromatic nitrogens is 3. The van der Waals surface area contributed by atoms with Gasteiger partial charge in [0.05, 0.1) is 22.8 Å². The molecule has 4 N–H and O–H groups in total. The molecule has 0 saturated carbocycles. The molecule has 1 aliphatic rings. The number of rotatable bonds is 7. The van der Waals surface area contributed by atoms with Gasteiger partial charge in [0, 0.05) is 44.6 Å². The van der Waals surface area contributed by atoms with E-state index in [1.54, 1.807) is 0 Å². The van der Waals surface area contributed by atoms with Gasteiger partial charge in [-0.1, -0.05) is 48.9 Å². The van der Waals surface area contributed by atoms with Crippen molar-refractivity contribution in [1.29, 1.82) is 0 Å². The quantitative estimate of drug-likeness (QED) is 0.574. The van der Waals surface area contributed by atoms with Gasteiger partial charge >= 0.3 is 0 Å². The van der Waals surface area contributed by atoms with Crippen LogP contribution in [-0.2, 0) is 13.0 Å². The van der Waals surface area contributed by atoms with E-state index in [-0.39, 0.29) is 0 Å². The third-order valence-corrected chi connectivity index (χ3v) is 6.55. The predicted octanol–water partition coefficient (Wildman–Crippen LogP) is 3.09. The summed E-state index contributed by atoms with van der Waals surface area (Å²) in [5, 5.41) is 5.32. The second-order valence-electron chi connectivity index (χ2n) is 8.27. The van der Waals surface area contributed by atoms with Crippen molar-refractivity contribution in [3.05, 3.63) is 65.5 Å². The zero-order valence-electron chi connectivity index (χ0n) is 18.8. The van der Waals surface area contributed by atoms with Crippen molar-refractivity contribution in [2.24, 2.45) is 5.73 Å². The minimum absolute atomic E-state index is 0.422. The Bertz CT molecular complexity index is 1080. The highest BCUT2D eigenvalue weighted by Crippen LogP contribution is 2.35. The summed E-state index contributed by atoms with van der Waals surface area (Å²) in [6.45, 7) is 7.97. The average Bonchev–Trinajstić information content (AvgIpc) is 3.42. The Morgan fingerprint density at radius 1 is 1.03 bits per heavy atom. The van der Waals surface area contributed by atoms with Gasteiger partial charge in [0.2, 0.25) is 0 Å². The van der Waals surface area contributed by atoms with Crippen LogP contribution in [0.1, 0.15) is 23.7 Å². The molecule has 0 unspecified atom stereocenters. The molecule has 3 heterocycles. The first-order chi connectivity index (χ1) is 15.5. The van der Waals surface area contributed by atoms with Gasteiger partial charge in [0.1, 0.15) is 5.82 Å². The summed E-state index contributed by atoms with van der Waals surface area (Å²) in [4.78, 5) is 4.80. The van der Waals surface area contributed by atoms with E-state index in [1.807, 2.05) is 47.3 Å². The van der Waals surface area contributed by atoms with Gasteiger partial charge < -0.3 is 20.9 Å². The van der Waals surface area contributed by atoms with Crippen LogP contribution in [0.15, 0.2) is 48.7 Å². The monoisotopic (exact) mass is 453 g/mol. The predicted molar refractivity (Wildman–Crippen MR) is 133 cm³/mol. The zero-order valence-corrected chi connectivity index (χ0v) is 19.6. The summed E-state index contributed by atoms with van der Waals surface area (Å²) in [5.41, 5.74) is 16.3. The number of hydrogen-bond donors (Lipinski definition) is 2. The molecule has 0 radical (unpaired) electrons. The minimum atomic E-state index is 0.422. The Morgan fingerprint density at radius 2 is 1.75 bits per heavy atom. The molecule has 2 aromatic heterocycles. The highest BCUT2D eigenvalue weighted by atomic mass is 35.5. The Labute approximate surface area is 194 Å².